The first-order valence-electron chi connectivity index (χ1n) is 12.1. The van der Waals surface area contributed by atoms with Gasteiger partial charge in [-0.2, -0.15) is 5.10 Å². The smallest absolute Gasteiger partial charge is 0.327 e. The number of hydrogen-bond donors (Lipinski definition) is 4. The summed E-state index contributed by atoms with van der Waals surface area (Å²) in [6.45, 7) is 5.86. The van der Waals surface area contributed by atoms with Gasteiger partial charge in [0.15, 0.2) is 0 Å². The van der Waals surface area contributed by atoms with E-state index in [1.807, 2.05) is 69.3 Å². The minimum atomic E-state index is -3.84. The minimum absolute atomic E-state index is 0.180. The van der Waals surface area contributed by atoms with Crippen LogP contribution >= 0.6 is 0 Å². The quantitative estimate of drug-likeness (QED) is 0.253. The summed E-state index contributed by atoms with van der Waals surface area (Å²) in [4.78, 5) is 24.4. The number of urea groups is 2. The second-order valence-electron chi connectivity index (χ2n) is 10.1. The number of nitrogens with zero attached hydrogens (tertiary/aromatic N) is 3. The van der Waals surface area contributed by atoms with Crippen molar-refractivity contribution in [3.05, 3.63) is 84.1 Å². The first-order valence-corrected chi connectivity index (χ1v) is 14.0. The number of benzene rings is 3. The summed E-state index contributed by atoms with van der Waals surface area (Å²) in [7, 11) is -3.84. The third-order valence-corrected chi connectivity index (χ3v) is 6.90. The van der Waals surface area contributed by atoms with Gasteiger partial charge >= 0.3 is 12.1 Å². The largest absolute Gasteiger partial charge is 0.351 e. The zero-order chi connectivity index (χ0) is 28.4. The molecule has 1 heterocycles. The number of anilines is 2. The normalized spacial score (nSPS) is 11.9. The van der Waals surface area contributed by atoms with Crippen LogP contribution in [0.4, 0.5) is 21.1 Å². The van der Waals surface area contributed by atoms with Gasteiger partial charge in [-0.15, -0.1) is 4.41 Å². The van der Waals surface area contributed by atoms with Crippen molar-refractivity contribution in [2.45, 2.75) is 32.7 Å². The Kier molecular flexibility index (Phi) is 7.61. The van der Waals surface area contributed by atoms with Crippen LogP contribution in [-0.4, -0.2) is 40.9 Å². The number of hydrazine groups is 1. The highest BCUT2D eigenvalue weighted by Crippen LogP contribution is 2.30. The maximum absolute atomic E-state index is 12.9. The van der Waals surface area contributed by atoms with E-state index in [0.717, 1.165) is 27.1 Å². The van der Waals surface area contributed by atoms with Gasteiger partial charge in [-0.25, -0.2) is 22.7 Å². The molecule has 0 aliphatic rings. The summed E-state index contributed by atoms with van der Waals surface area (Å²) in [6.07, 6.45) is 0.978. The summed E-state index contributed by atoms with van der Waals surface area (Å²) in [6, 6.07) is 20.5. The van der Waals surface area contributed by atoms with E-state index in [4.69, 9.17) is 10.8 Å². The first-order chi connectivity index (χ1) is 18.3. The molecule has 204 valence electrons. The number of fused-ring (bicyclic) bond motifs is 1. The van der Waals surface area contributed by atoms with Crippen LogP contribution in [0.5, 0.6) is 0 Å². The second-order valence-corrected chi connectivity index (χ2v) is 12.0. The van der Waals surface area contributed by atoms with E-state index in [2.05, 4.69) is 16.1 Å². The lowest BCUT2D eigenvalue weighted by atomic mass is 9.92. The van der Waals surface area contributed by atoms with Crippen LogP contribution in [0.1, 0.15) is 32.0 Å². The van der Waals surface area contributed by atoms with E-state index in [1.165, 1.54) is 0 Å². The summed E-state index contributed by atoms with van der Waals surface area (Å²) >= 11 is 0. The highest BCUT2D eigenvalue weighted by molar-refractivity contribution is 7.88. The molecular formula is C27H31N7O4S. The molecule has 0 atom stereocenters. The van der Waals surface area contributed by atoms with Gasteiger partial charge in [0, 0.05) is 17.2 Å². The van der Waals surface area contributed by atoms with Crippen LogP contribution in [0, 0.1) is 0 Å². The Morgan fingerprint density at radius 2 is 1.64 bits per heavy atom. The number of sulfonamides is 1. The molecule has 4 aromatic rings. The highest BCUT2D eigenvalue weighted by atomic mass is 32.2. The Morgan fingerprint density at radius 3 is 2.28 bits per heavy atom. The lowest BCUT2D eigenvalue weighted by Gasteiger charge is -2.21. The van der Waals surface area contributed by atoms with Gasteiger partial charge in [0.25, 0.3) is 0 Å². The van der Waals surface area contributed by atoms with E-state index in [-0.39, 0.29) is 12.0 Å². The summed E-state index contributed by atoms with van der Waals surface area (Å²) in [5.41, 5.74) is 9.62. The van der Waals surface area contributed by atoms with Crippen molar-refractivity contribution in [1.82, 2.24) is 19.6 Å². The average molecular weight is 550 g/mol. The Balaban J connectivity index is 1.80. The van der Waals surface area contributed by atoms with Crippen LogP contribution in [0.3, 0.4) is 0 Å². The molecule has 0 aliphatic carbocycles. The predicted molar refractivity (Wildman–Crippen MR) is 152 cm³/mol. The molecule has 12 heteroatoms. The zero-order valence-corrected chi connectivity index (χ0v) is 22.9. The van der Waals surface area contributed by atoms with Crippen LogP contribution in [-0.2, 0) is 22.0 Å². The fourth-order valence-corrected chi connectivity index (χ4v) is 4.61. The summed E-state index contributed by atoms with van der Waals surface area (Å²) in [5, 5.41) is 12.1. The van der Waals surface area contributed by atoms with E-state index < -0.39 is 22.1 Å². The molecule has 11 nitrogen and oxygen atoms in total. The SMILES string of the molecule is CC(C)(C)c1cc(NC(=O)Nc2ccccc2)n(-c2cc(CN(NC(N)=O)S(C)(=O)=O)c3ccccc3c2)n1. The van der Waals surface area contributed by atoms with Crippen LogP contribution < -0.4 is 21.8 Å². The van der Waals surface area contributed by atoms with Crippen molar-refractivity contribution in [2.24, 2.45) is 5.73 Å². The lowest BCUT2D eigenvalue weighted by Crippen LogP contribution is -2.47. The van der Waals surface area contributed by atoms with Crippen molar-refractivity contribution < 1.29 is 18.0 Å². The molecule has 0 bridgehead atoms. The molecule has 0 fully saturated rings. The van der Waals surface area contributed by atoms with Crippen molar-refractivity contribution in [3.8, 4) is 5.69 Å². The molecule has 4 amide bonds. The molecule has 3 aromatic carbocycles. The Bertz CT molecular complexity index is 1630. The number of carbonyl (C=O) groups is 2. The van der Waals surface area contributed by atoms with E-state index in [1.54, 1.807) is 28.9 Å². The van der Waals surface area contributed by atoms with E-state index in [0.29, 0.717) is 22.8 Å². The molecule has 39 heavy (non-hydrogen) atoms. The van der Waals surface area contributed by atoms with Gasteiger partial charge in [-0.3, -0.25) is 10.7 Å². The molecule has 4 rings (SSSR count). The second kappa shape index (κ2) is 10.8. The predicted octanol–water partition coefficient (Wildman–Crippen LogP) is 4.31. The topological polar surface area (TPSA) is 151 Å². The summed E-state index contributed by atoms with van der Waals surface area (Å²) in [5.74, 6) is 0.421. The maximum atomic E-state index is 12.9. The molecular weight excluding hydrogens is 518 g/mol. The van der Waals surface area contributed by atoms with Crippen molar-refractivity contribution >= 4 is 44.4 Å². The third-order valence-electron chi connectivity index (χ3n) is 5.88. The minimum Gasteiger partial charge on any atom is -0.351 e. The molecule has 5 N–H and O–H groups in total. The number of aromatic nitrogens is 2. The highest BCUT2D eigenvalue weighted by Gasteiger charge is 2.24. The maximum Gasteiger partial charge on any atom is 0.327 e. The zero-order valence-electron chi connectivity index (χ0n) is 22.1. The molecule has 1 aromatic heterocycles. The third kappa shape index (κ3) is 6.72. The molecule has 0 unspecified atom stereocenters. The molecule has 0 spiro atoms. The number of para-hydroxylation sites is 1. The monoisotopic (exact) mass is 549 g/mol. The number of rotatable bonds is 7. The van der Waals surface area contributed by atoms with Gasteiger partial charge in [-0.05, 0) is 40.6 Å². The van der Waals surface area contributed by atoms with Crippen molar-refractivity contribution in [3.63, 3.8) is 0 Å². The van der Waals surface area contributed by atoms with Crippen molar-refractivity contribution in [2.75, 3.05) is 16.9 Å². The molecule has 0 saturated carbocycles. The van der Waals surface area contributed by atoms with E-state index >= 15 is 0 Å². The van der Waals surface area contributed by atoms with Gasteiger partial charge < -0.3 is 11.1 Å². The van der Waals surface area contributed by atoms with Crippen molar-refractivity contribution in [1.29, 1.82) is 0 Å². The Labute approximate surface area is 227 Å². The van der Waals surface area contributed by atoms with Gasteiger partial charge in [-0.1, -0.05) is 63.2 Å². The van der Waals surface area contributed by atoms with Crippen LogP contribution in [0.15, 0.2) is 72.8 Å². The van der Waals surface area contributed by atoms with Crippen LogP contribution in [0.2, 0.25) is 0 Å². The molecule has 0 radical (unpaired) electrons. The van der Waals surface area contributed by atoms with Gasteiger partial charge in [0.2, 0.25) is 10.0 Å². The standard InChI is InChI=1S/C27H31N7O4S/c1-27(2,3)23-16-24(30-26(36)29-20-11-6-5-7-12-20)34(31-23)21-14-18-10-8-9-13-22(18)19(15-21)17-33(32-25(28)35)39(4,37)38/h5-16H,17H2,1-4H3,(H3,28,32,35)(H2,29,30,36). The fraction of sp³-hybridized carbons (Fsp3) is 0.222. The number of carbonyl (C=O) groups excluding carboxylic acids is 2. The van der Waals surface area contributed by atoms with Gasteiger partial charge in [0.1, 0.15) is 5.82 Å². The molecule has 0 aliphatic heterocycles. The molecule has 0 saturated heterocycles. The number of hydrogen-bond acceptors (Lipinski definition) is 5. The average Bonchev–Trinajstić information content (AvgIpc) is 3.27. The Morgan fingerprint density at radius 1 is 0.974 bits per heavy atom. The Hall–Kier alpha value is -4.42. The van der Waals surface area contributed by atoms with Gasteiger partial charge in [0.05, 0.1) is 24.2 Å². The lowest BCUT2D eigenvalue weighted by molar-refractivity contribution is 0.226. The summed E-state index contributed by atoms with van der Waals surface area (Å²) < 4.78 is 27.2. The number of primary amides is 1. The van der Waals surface area contributed by atoms with Crippen LogP contribution in [0.25, 0.3) is 16.5 Å². The number of nitrogens with two attached hydrogens (primary N) is 1. The first kappa shape index (κ1) is 27.6. The van der Waals surface area contributed by atoms with E-state index in [9.17, 15) is 18.0 Å². The number of nitrogens with one attached hydrogen (secondary N) is 3. The fourth-order valence-electron chi connectivity index (χ4n) is 3.98. The number of amides is 4.